The Kier molecular flexibility index (Phi) is 4.08. The molecule has 0 saturated heterocycles. The average molecular weight is 321 g/mol. The number of hydrogen-bond donors (Lipinski definition) is 2. The highest BCUT2D eigenvalue weighted by atomic mass is 16.4. The summed E-state index contributed by atoms with van der Waals surface area (Å²) in [5.41, 5.74) is 2.68. The minimum Gasteiger partial charge on any atom is -0.550 e. The zero-order valence-electron chi connectivity index (χ0n) is 13.2. The largest absolute Gasteiger partial charge is 0.550 e. The number of aliphatic carboxylic acids is 1. The Hall–Kier alpha value is -3.08. The van der Waals surface area contributed by atoms with Crippen LogP contribution in [0.15, 0.2) is 60.4 Å². The number of carbonyl (C=O) groups is 1. The molecule has 2 aromatic rings. The summed E-state index contributed by atoms with van der Waals surface area (Å²) in [4.78, 5) is 12.6. The van der Waals surface area contributed by atoms with Crippen molar-refractivity contribution >= 4 is 23.1 Å². The van der Waals surface area contributed by atoms with Gasteiger partial charge in [-0.2, -0.15) is 0 Å². The zero-order chi connectivity index (χ0) is 17.3. The van der Waals surface area contributed by atoms with E-state index in [0.717, 1.165) is 11.3 Å². The van der Waals surface area contributed by atoms with E-state index in [2.05, 4.69) is 0 Å². The van der Waals surface area contributed by atoms with E-state index in [1.807, 2.05) is 30.3 Å². The number of hydrogen-bond acceptors (Lipinski definition) is 4. The minimum absolute atomic E-state index is 0.151. The number of carboxylic acid groups (broad SMARTS) is 1. The van der Waals surface area contributed by atoms with Gasteiger partial charge in [-0.25, -0.2) is 0 Å². The SMILES string of the molecule is C[C@H](C(=O)[O-])c1ccc(N2CC(O)=C(c3ccccc3)C2=N)cc1. The van der Waals surface area contributed by atoms with Crippen LogP contribution in [0.25, 0.3) is 5.57 Å². The molecule has 5 nitrogen and oxygen atoms in total. The predicted octanol–water partition coefficient (Wildman–Crippen LogP) is 2.31. The van der Waals surface area contributed by atoms with Gasteiger partial charge in [0.2, 0.25) is 0 Å². The molecule has 3 rings (SSSR count). The van der Waals surface area contributed by atoms with Crippen LogP contribution in [0.1, 0.15) is 24.0 Å². The molecule has 0 radical (unpaired) electrons. The fraction of sp³-hybridized carbons (Fsp3) is 0.158. The van der Waals surface area contributed by atoms with Crippen LogP contribution in [-0.2, 0) is 4.79 Å². The number of anilines is 1. The molecule has 2 aromatic carbocycles. The fourth-order valence-corrected chi connectivity index (χ4v) is 2.79. The summed E-state index contributed by atoms with van der Waals surface area (Å²) < 4.78 is 0. The Labute approximate surface area is 140 Å². The van der Waals surface area contributed by atoms with Crippen LogP contribution in [0, 0.1) is 5.41 Å². The van der Waals surface area contributed by atoms with Gasteiger partial charge < -0.3 is 19.9 Å². The van der Waals surface area contributed by atoms with Crippen molar-refractivity contribution in [1.29, 1.82) is 5.41 Å². The molecule has 1 aliphatic rings. The second kappa shape index (κ2) is 6.20. The van der Waals surface area contributed by atoms with Gasteiger partial charge in [-0.15, -0.1) is 0 Å². The molecule has 0 fully saturated rings. The normalized spacial score (nSPS) is 15.7. The molecule has 0 unspecified atom stereocenters. The second-order valence-electron chi connectivity index (χ2n) is 5.75. The lowest BCUT2D eigenvalue weighted by Gasteiger charge is -2.20. The molecule has 5 heteroatoms. The maximum Gasteiger partial charge on any atom is 0.137 e. The lowest BCUT2D eigenvalue weighted by atomic mass is 10.0. The summed E-state index contributed by atoms with van der Waals surface area (Å²) in [6.07, 6.45) is 0. The van der Waals surface area contributed by atoms with E-state index in [4.69, 9.17) is 5.41 Å². The molecule has 0 bridgehead atoms. The first kappa shape index (κ1) is 15.8. The van der Waals surface area contributed by atoms with Crippen molar-refractivity contribution in [2.75, 3.05) is 11.4 Å². The summed E-state index contributed by atoms with van der Waals surface area (Å²) in [6.45, 7) is 1.79. The summed E-state index contributed by atoms with van der Waals surface area (Å²) in [6, 6.07) is 16.2. The Bertz CT molecular complexity index is 810. The third-order valence-electron chi connectivity index (χ3n) is 4.22. The first-order valence-electron chi connectivity index (χ1n) is 7.64. The molecular weight excluding hydrogens is 304 g/mol. The van der Waals surface area contributed by atoms with Crippen molar-refractivity contribution in [3.63, 3.8) is 0 Å². The van der Waals surface area contributed by atoms with Gasteiger partial charge in [0.15, 0.2) is 0 Å². The van der Waals surface area contributed by atoms with Gasteiger partial charge in [0.05, 0.1) is 12.1 Å². The highest BCUT2D eigenvalue weighted by Gasteiger charge is 2.29. The molecule has 122 valence electrons. The lowest BCUT2D eigenvalue weighted by Crippen LogP contribution is -2.28. The molecule has 1 heterocycles. The minimum atomic E-state index is -1.12. The van der Waals surface area contributed by atoms with E-state index in [1.54, 1.807) is 36.1 Å². The summed E-state index contributed by atoms with van der Waals surface area (Å²) >= 11 is 0. The number of aliphatic hydroxyl groups is 1. The smallest absolute Gasteiger partial charge is 0.137 e. The summed E-state index contributed by atoms with van der Waals surface area (Å²) in [5.74, 6) is -1.44. The lowest BCUT2D eigenvalue weighted by molar-refractivity contribution is -0.307. The number of carboxylic acids is 1. The van der Waals surface area contributed by atoms with Crippen LogP contribution >= 0.6 is 0 Å². The van der Waals surface area contributed by atoms with Crippen LogP contribution in [-0.4, -0.2) is 23.5 Å². The molecule has 2 N–H and O–H groups in total. The summed E-state index contributed by atoms with van der Waals surface area (Å²) in [5, 5.41) is 29.6. The molecule has 0 amide bonds. The van der Waals surface area contributed by atoms with Gasteiger partial charge in [0.1, 0.15) is 11.6 Å². The van der Waals surface area contributed by atoms with Gasteiger partial charge in [-0.3, -0.25) is 5.41 Å². The van der Waals surface area contributed by atoms with Crippen molar-refractivity contribution in [1.82, 2.24) is 0 Å². The third-order valence-corrected chi connectivity index (χ3v) is 4.22. The molecular formula is C19H17N2O3-. The van der Waals surface area contributed by atoms with Gasteiger partial charge in [0, 0.05) is 17.6 Å². The maximum atomic E-state index is 10.9. The number of benzene rings is 2. The topological polar surface area (TPSA) is 87.4 Å². The van der Waals surface area contributed by atoms with E-state index in [9.17, 15) is 15.0 Å². The summed E-state index contributed by atoms with van der Waals surface area (Å²) in [7, 11) is 0. The third kappa shape index (κ3) is 2.76. The second-order valence-corrected chi connectivity index (χ2v) is 5.75. The Morgan fingerprint density at radius 3 is 2.38 bits per heavy atom. The van der Waals surface area contributed by atoms with Gasteiger partial charge >= 0.3 is 0 Å². The fourth-order valence-electron chi connectivity index (χ4n) is 2.79. The Balaban J connectivity index is 1.85. The van der Waals surface area contributed by atoms with Crippen LogP contribution < -0.4 is 10.0 Å². The van der Waals surface area contributed by atoms with Crippen molar-refractivity contribution in [2.45, 2.75) is 12.8 Å². The van der Waals surface area contributed by atoms with Crippen molar-refractivity contribution < 1.29 is 15.0 Å². The molecule has 0 saturated carbocycles. The number of carbonyl (C=O) groups excluding carboxylic acids is 1. The number of nitrogens with one attached hydrogen (secondary N) is 1. The highest BCUT2D eigenvalue weighted by Crippen LogP contribution is 2.31. The average Bonchev–Trinajstić information content (AvgIpc) is 2.89. The van der Waals surface area contributed by atoms with E-state index in [-0.39, 0.29) is 18.1 Å². The van der Waals surface area contributed by atoms with Crippen LogP contribution in [0.3, 0.4) is 0 Å². The molecule has 1 aliphatic heterocycles. The van der Waals surface area contributed by atoms with Crippen molar-refractivity contribution in [3.8, 4) is 0 Å². The van der Waals surface area contributed by atoms with E-state index in [0.29, 0.717) is 11.1 Å². The maximum absolute atomic E-state index is 10.9. The van der Waals surface area contributed by atoms with Gasteiger partial charge in [0.25, 0.3) is 0 Å². The number of amidine groups is 1. The number of rotatable bonds is 4. The van der Waals surface area contributed by atoms with Gasteiger partial charge in [-0.1, -0.05) is 49.4 Å². The monoisotopic (exact) mass is 321 g/mol. The molecule has 0 aliphatic carbocycles. The highest BCUT2D eigenvalue weighted by molar-refractivity contribution is 6.30. The van der Waals surface area contributed by atoms with Crippen LogP contribution in [0.5, 0.6) is 0 Å². The van der Waals surface area contributed by atoms with Crippen LogP contribution in [0.4, 0.5) is 5.69 Å². The predicted molar refractivity (Wildman–Crippen MR) is 90.9 cm³/mol. The number of nitrogens with zero attached hydrogens (tertiary/aromatic N) is 1. The van der Waals surface area contributed by atoms with Gasteiger partial charge in [-0.05, 0) is 23.3 Å². The van der Waals surface area contributed by atoms with E-state index >= 15 is 0 Å². The van der Waals surface area contributed by atoms with Crippen molar-refractivity contribution in [2.24, 2.45) is 0 Å². The quantitative estimate of drug-likeness (QED) is 0.904. The van der Waals surface area contributed by atoms with Crippen molar-refractivity contribution in [3.05, 3.63) is 71.5 Å². The first-order chi connectivity index (χ1) is 11.5. The molecule has 0 aromatic heterocycles. The molecule has 0 spiro atoms. The van der Waals surface area contributed by atoms with E-state index < -0.39 is 11.9 Å². The molecule has 1 atom stereocenters. The van der Waals surface area contributed by atoms with Crippen LogP contribution in [0.2, 0.25) is 0 Å². The number of aliphatic hydroxyl groups excluding tert-OH is 1. The van der Waals surface area contributed by atoms with E-state index in [1.165, 1.54) is 0 Å². The zero-order valence-corrected chi connectivity index (χ0v) is 13.2. The first-order valence-corrected chi connectivity index (χ1v) is 7.64. The Morgan fingerprint density at radius 2 is 1.79 bits per heavy atom. The standard InChI is InChI=1S/C19H18N2O3/c1-12(19(23)24)13-7-9-15(10-8-13)21-11-16(22)17(18(21)20)14-5-3-2-4-6-14/h2-10,12,20,22H,11H2,1H3,(H,23,24)/p-1/t12-/m0/s1. The molecule has 24 heavy (non-hydrogen) atoms. The Morgan fingerprint density at radius 1 is 1.17 bits per heavy atom.